The van der Waals surface area contributed by atoms with Crippen LogP contribution >= 0.6 is 0 Å². The highest BCUT2D eigenvalue weighted by Crippen LogP contribution is 2.11. The zero-order valence-corrected chi connectivity index (χ0v) is 14.6. The van der Waals surface area contributed by atoms with Crippen molar-refractivity contribution in [3.05, 3.63) is 30.1 Å². The van der Waals surface area contributed by atoms with Crippen LogP contribution in [0.5, 0.6) is 0 Å². The van der Waals surface area contributed by atoms with Gasteiger partial charge in [-0.15, -0.1) is 0 Å². The van der Waals surface area contributed by atoms with Crippen molar-refractivity contribution in [2.24, 2.45) is 10.4 Å². The molecular formula is C17H29N5O. The second-order valence-electron chi connectivity index (χ2n) is 6.26. The van der Waals surface area contributed by atoms with E-state index in [-0.39, 0.29) is 11.3 Å². The lowest BCUT2D eigenvalue weighted by Gasteiger charge is -2.18. The van der Waals surface area contributed by atoms with E-state index in [4.69, 9.17) is 0 Å². The number of carbonyl (C=O) groups excluding carboxylic acids is 1. The third-order valence-corrected chi connectivity index (χ3v) is 3.09. The first kappa shape index (κ1) is 18.9. The Morgan fingerprint density at radius 2 is 1.91 bits per heavy atom. The second-order valence-corrected chi connectivity index (χ2v) is 6.26. The lowest BCUT2D eigenvalue weighted by atomic mass is 9.96. The van der Waals surface area contributed by atoms with E-state index in [0.717, 1.165) is 24.6 Å². The Morgan fingerprint density at radius 1 is 1.17 bits per heavy atom. The van der Waals surface area contributed by atoms with Gasteiger partial charge in [-0.05, 0) is 19.1 Å². The number of hydrogen-bond donors (Lipinski definition) is 3. The van der Waals surface area contributed by atoms with E-state index in [1.54, 1.807) is 6.20 Å². The van der Waals surface area contributed by atoms with Gasteiger partial charge in [0.2, 0.25) is 5.91 Å². The highest BCUT2D eigenvalue weighted by atomic mass is 16.2. The molecule has 0 aliphatic rings. The molecule has 0 bridgehead atoms. The maximum atomic E-state index is 11.8. The summed E-state index contributed by atoms with van der Waals surface area (Å²) in [6, 6.07) is 5.88. The van der Waals surface area contributed by atoms with E-state index in [9.17, 15) is 4.79 Å². The van der Waals surface area contributed by atoms with E-state index < -0.39 is 0 Å². The molecule has 0 fully saturated rings. The number of rotatable bonds is 7. The van der Waals surface area contributed by atoms with Crippen LogP contribution in [0, 0.1) is 5.41 Å². The number of amides is 1. The molecule has 1 aromatic heterocycles. The van der Waals surface area contributed by atoms with Crippen molar-refractivity contribution in [1.29, 1.82) is 0 Å². The molecule has 0 aliphatic heterocycles. The Hall–Kier alpha value is -2.11. The molecule has 0 spiro atoms. The third-order valence-electron chi connectivity index (χ3n) is 3.09. The van der Waals surface area contributed by atoms with E-state index in [2.05, 4.69) is 25.9 Å². The van der Waals surface area contributed by atoms with Crippen LogP contribution in [0.15, 0.2) is 29.4 Å². The van der Waals surface area contributed by atoms with Gasteiger partial charge in [-0.3, -0.25) is 14.8 Å². The van der Waals surface area contributed by atoms with E-state index in [1.165, 1.54) is 0 Å². The Morgan fingerprint density at radius 3 is 2.52 bits per heavy atom. The van der Waals surface area contributed by atoms with Crippen LogP contribution in [-0.2, 0) is 11.2 Å². The molecule has 6 nitrogen and oxygen atoms in total. The van der Waals surface area contributed by atoms with Crippen molar-refractivity contribution in [2.45, 2.75) is 34.1 Å². The molecule has 0 saturated heterocycles. The number of nitrogens with one attached hydrogen (secondary N) is 3. The molecule has 128 valence electrons. The zero-order chi connectivity index (χ0) is 17.1. The van der Waals surface area contributed by atoms with Crippen molar-refractivity contribution < 1.29 is 4.79 Å². The fourth-order valence-corrected chi connectivity index (χ4v) is 1.79. The predicted octanol–water partition coefficient (Wildman–Crippen LogP) is 1.34. The van der Waals surface area contributed by atoms with Crippen molar-refractivity contribution in [3.63, 3.8) is 0 Å². The molecule has 1 heterocycles. The van der Waals surface area contributed by atoms with Crippen LogP contribution in [0.4, 0.5) is 0 Å². The summed E-state index contributed by atoms with van der Waals surface area (Å²) in [5.41, 5.74) is 0.672. The van der Waals surface area contributed by atoms with Gasteiger partial charge in [0.25, 0.3) is 0 Å². The summed E-state index contributed by atoms with van der Waals surface area (Å²) in [5.74, 6) is 0.810. The summed E-state index contributed by atoms with van der Waals surface area (Å²) in [7, 11) is 0. The number of carbonyl (C=O) groups is 1. The third kappa shape index (κ3) is 8.18. The van der Waals surface area contributed by atoms with E-state index in [1.807, 2.05) is 45.9 Å². The Bertz CT molecular complexity index is 493. The summed E-state index contributed by atoms with van der Waals surface area (Å²) in [4.78, 5) is 20.6. The predicted molar refractivity (Wildman–Crippen MR) is 94.4 cm³/mol. The molecule has 1 aromatic rings. The molecule has 23 heavy (non-hydrogen) atoms. The Kier molecular flexibility index (Phi) is 8.08. The molecule has 6 heteroatoms. The van der Waals surface area contributed by atoms with Crippen molar-refractivity contribution in [1.82, 2.24) is 20.9 Å². The smallest absolute Gasteiger partial charge is 0.225 e. The molecular weight excluding hydrogens is 290 g/mol. The number of guanidine groups is 1. The first-order valence-electron chi connectivity index (χ1n) is 8.14. The molecule has 0 saturated carbocycles. The normalized spacial score (nSPS) is 11.9. The minimum Gasteiger partial charge on any atom is -0.357 e. The highest BCUT2D eigenvalue weighted by Gasteiger charge is 2.20. The lowest BCUT2D eigenvalue weighted by Crippen LogP contribution is -2.43. The molecule has 3 N–H and O–H groups in total. The standard InChI is InChI=1S/C17H29N5O/c1-5-18-16(21-11-9-14-8-6-7-10-19-14)22-13-12-20-15(23)17(2,3)4/h6-8,10H,5,9,11-13H2,1-4H3,(H,20,23)(H2,18,21,22). The first-order valence-corrected chi connectivity index (χ1v) is 8.14. The first-order chi connectivity index (χ1) is 10.9. The van der Waals surface area contributed by atoms with E-state index in [0.29, 0.717) is 19.6 Å². The fraction of sp³-hybridized carbons (Fsp3) is 0.588. The zero-order valence-electron chi connectivity index (χ0n) is 14.6. The lowest BCUT2D eigenvalue weighted by molar-refractivity contribution is -0.128. The Labute approximate surface area is 139 Å². The molecule has 0 aliphatic carbocycles. The van der Waals surface area contributed by atoms with Gasteiger partial charge in [-0.25, -0.2) is 0 Å². The van der Waals surface area contributed by atoms with Crippen LogP contribution in [0.3, 0.4) is 0 Å². The molecule has 1 amide bonds. The summed E-state index contributed by atoms with van der Waals surface area (Å²) in [6.45, 7) is 10.4. The van der Waals surface area contributed by atoms with Gasteiger partial charge in [0.1, 0.15) is 0 Å². The second kappa shape index (κ2) is 9.82. The molecule has 0 radical (unpaired) electrons. The molecule has 1 rings (SSSR count). The van der Waals surface area contributed by atoms with E-state index >= 15 is 0 Å². The quantitative estimate of drug-likeness (QED) is 0.403. The average Bonchev–Trinajstić information content (AvgIpc) is 2.51. The van der Waals surface area contributed by atoms with Gasteiger partial charge < -0.3 is 16.0 Å². The summed E-state index contributed by atoms with van der Waals surface area (Å²) < 4.78 is 0. The van der Waals surface area contributed by atoms with Gasteiger partial charge in [-0.1, -0.05) is 26.8 Å². The van der Waals surface area contributed by atoms with Gasteiger partial charge >= 0.3 is 0 Å². The van der Waals surface area contributed by atoms with Crippen LogP contribution < -0.4 is 16.0 Å². The summed E-state index contributed by atoms with van der Waals surface area (Å²) >= 11 is 0. The van der Waals surface area contributed by atoms with Gasteiger partial charge in [0.15, 0.2) is 5.96 Å². The van der Waals surface area contributed by atoms with Crippen molar-refractivity contribution in [3.8, 4) is 0 Å². The minimum atomic E-state index is -0.360. The largest absolute Gasteiger partial charge is 0.357 e. The number of pyridine rings is 1. The number of aliphatic imine (C=N–C) groups is 1. The minimum absolute atomic E-state index is 0.0522. The van der Waals surface area contributed by atoms with Crippen molar-refractivity contribution in [2.75, 3.05) is 26.2 Å². The molecule has 0 unspecified atom stereocenters. The topological polar surface area (TPSA) is 78.4 Å². The van der Waals surface area contributed by atoms with Gasteiger partial charge in [0, 0.05) is 49.9 Å². The summed E-state index contributed by atoms with van der Waals surface area (Å²) in [5, 5.41) is 9.32. The van der Waals surface area contributed by atoms with Gasteiger partial charge in [0.05, 0.1) is 0 Å². The van der Waals surface area contributed by atoms with Gasteiger partial charge in [-0.2, -0.15) is 0 Å². The van der Waals surface area contributed by atoms with Crippen LogP contribution in [0.2, 0.25) is 0 Å². The Balaban J connectivity index is 2.33. The van der Waals surface area contributed by atoms with Crippen LogP contribution in [0.1, 0.15) is 33.4 Å². The van der Waals surface area contributed by atoms with Crippen LogP contribution in [0.25, 0.3) is 0 Å². The maximum absolute atomic E-state index is 11.8. The molecule has 0 atom stereocenters. The summed E-state index contributed by atoms with van der Waals surface area (Å²) in [6.07, 6.45) is 2.60. The number of hydrogen-bond acceptors (Lipinski definition) is 3. The molecule has 0 aromatic carbocycles. The maximum Gasteiger partial charge on any atom is 0.225 e. The monoisotopic (exact) mass is 319 g/mol. The number of nitrogens with zero attached hydrogens (tertiary/aromatic N) is 2. The SMILES string of the molecule is CCNC(=NCCc1ccccn1)NCCNC(=O)C(C)(C)C. The average molecular weight is 319 g/mol. The van der Waals surface area contributed by atoms with Crippen LogP contribution in [-0.4, -0.2) is 43.0 Å². The fourth-order valence-electron chi connectivity index (χ4n) is 1.79. The number of aromatic nitrogens is 1. The van der Waals surface area contributed by atoms with Crippen molar-refractivity contribution >= 4 is 11.9 Å². The highest BCUT2D eigenvalue weighted by molar-refractivity contribution is 5.81.